The molecule has 0 spiro atoms. The third-order valence-electron chi connectivity index (χ3n) is 9.39. The molecule has 51 heavy (non-hydrogen) atoms. The molecule has 0 saturated heterocycles. The average molecular weight is 653 g/mol. The van der Waals surface area contributed by atoms with E-state index in [0.29, 0.717) is 5.82 Å². The van der Waals surface area contributed by atoms with Gasteiger partial charge >= 0.3 is 0 Å². The van der Waals surface area contributed by atoms with Crippen molar-refractivity contribution in [3.8, 4) is 67.4 Å². The summed E-state index contributed by atoms with van der Waals surface area (Å²) in [6, 6.07) is 61.0. The maximum Gasteiger partial charge on any atom is 0.160 e. The summed E-state index contributed by atoms with van der Waals surface area (Å²) in [5, 5.41) is 2.16. The van der Waals surface area contributed by atoms with Crippen LogP contribution in [0.3, 0.4) is 0 Å². The fourth-order valence-corrected chi connectivity index (χ4v) is 6.71. The van der Waals surface area contributed by atoms with Crippen LogP contribution in [-0.2, 0) is 0 Å². The van der Waals surface area contributed by atoms with Gasteiger partial charge in [-0.25, -0.2) is 15.0 Å². The molecule has 4 heteroatoms. The van der Waals surface area contributed by atoms with E-state index in [4.69, 9.17) is 19.9 Å². The number of hydrogen-bond donors (Lipinski definition) is 0. The summed E-state index contributed by atoms with van der Waals surface area (Å²) in [5.74, 6) is 0.673. The van der Waals surface area contributed by atoms with E-state index in [1.165, 1.54) is 11.1 Å². The molecule has 0 atom stereocenters. The molecule has 0 bridgehead atoms. The first-order valence-electron chi connectivity index (χ1n) is 17.1. The van der Waals surface area contributed by atoms with Gasteiger partial charge in [0.2, 0.25) is 0 Å². The molecule has 0 radical (unpaired) electrons. The van der Waals surface area contributed by atoms with Gasteiger partial charge in [0.15, 0.2) is 5.82 Å². The first-order valence-corrected chi connectivity index (χ1v) is 17.1. The molecule has 0 aliphatic carbocycles. The Kier molecular flexibility index (Phi) is 7.67. The second-order valence-electron chi connectivity index (χ2n) is 12.8. The van der Waals surface area contributed by atoms with E-state index in [-0.39, 0.29) is 0 Å². The molecule has 240 valence electrons. The number of fused-ring (bicyclic) bond motifs is 3. The smallest absolute Gasteiger partial charge is 0.160 e. The zero-order valence-corrected chi connectivity index (χ0v) is 28.0. The summed E-state index contributed by atoms with van der Waals surface area (Å²) in [6.07, 6.45) is 0. The summed E-state index contributed by atoms with van der Waals surface area (Å²) >= 11 is 0. The molecule has 0 N–H and O–H groups in total. The number of rotatable bonds is 6. The fraction of sp³-hybridized carbons (Fsp3) is 0.0213. The Bertz CT molecular complexity index is 2650. The molecule has 9 aromatic rings. The Morgan fingerprint density at radius 1 is 0.333 bits per heavy atom. The van der Waals surface area contributed by atoms with E-state index in [1.54, 1.807) is 0 Å². The quantitative estimate of drug-likeness (QED) is 0.168. The molecule has 0 aliphatic rings. The van der Waals surface area contributed by atoms with Gasteiger partial charge in [-0.15, -0.1) is 0 Å². The topological polar surface area (TPSA) is 51.6 Å². The maximum atomic E-state index is 5.25. The Balaban J connectivity index is 1.14. The van der Waals surface area contributed by atoms with Gasteiger partial charge in [0.25, 0.3) is 0 Å². The molecule has 9 rings (SSSR count). The highest BCUT2D eigenvalue weighted by molar-refractivity contribution is 6.09. The SMILES string of the molecule is Cc1ccc2ccc3c(-c4ccccc4)cc(-c4ccc(-c5nc(-c6ccccc6)cc(-c6ccc(-c7ccccc7)cc6)n5)cc4)nc3c2n1. The van der Waals surface area contributed by atoms with Gasteiger partial charge in [-0.2, -0.15) is 0 Å². The third kappa shape index (κ3) is 5.94. The van der Waals surface area contributed by atoms with Crippen molar-refractivity contribution in [3.63, 3.8) is 0 Å². The molecule has 0 amide bonds. The minimum atomic E-state index is 0.673. The summed E-state index contributed by atoms with van der Waals surface area (Å²) in [6.45, 7) is 2.03. The fourth-order valence-electron chi connectivity index (χ4n) is 6.71. The standard InChI is InChI=1S/C47H32N4/c1-31-17-18-38-27-28-40-41(34-13-7-3-8-14-34)29-42(49-46(40)45(38)48-31)36-23-25-39(26-24-36)47-50-43(35-15-9-4-10-16-35)30-44(51-47)37-21-19-33(20-22-37)32-11-5-2-6-12-32/h2-30H,1H3. The van der Waals surface area contributed by atoms with E-state index >= 15 is 0 Å². The highest BCUT2D eigenvalue weighted by Gasteiger charge is 2.15. The van der Waals surface area contributed by atoms with Gasteiger partial charge in [-0.05, 0) is 47.4 Å². The summed E-state index contributed by atoms with van der Waals surface area (Å²) in [7, 11) is 0. The molecule has 6 aromatic carbocycles. The lowest BCUT2D eigenvalue weighted by Crippen LogP contribution is -1.96. The second kappa shape index (κ2) is 12.9. The normalized spacial score (nSPS) is 11.2. The van der Waals surface area contributed by atoms with Crippen LogP contribution in [0.25, 0.3) is 89.2 Å². The molecule has 0 aliphatic heterocycles. The van der Waals surface area contributed by atoms with Crippen molar-refractivity contribution in [2.45, 2.75) is 6.92 Å². The van der Waals surface area contributed by atoms with Crippen LogP contribution in [0.15, 0.2) is 176 Å². The van der Waals surface area contributed by atoms with Crippen LogP contribution in [0.5, 0.6) is 0 Å². The molecule has 0 fully saturated rings. The lowest BCUT2D eigenvalue weighted by molar-refractivity contribution is 1.18. The first kappa shape index (κ1) is 30.3. The minimum Gasteiger partial charge on any atom is -0.251 e. The van der Waals surface area contributed by atoms with Crippen LogP contribution in [0.2, 0.25) is 0 Å². The van der Waals surface area contributed by atoms with Crippen molar-refractivity contribution in [2.75, 3.05) is 0 Å². The zero-order chi connectivity index (χ0) is 34.1. The first-order chi connectivity index (χ1) is 25.2. The van der Waals surface area contributed by atoms with Gasteiger partial charge in [0.05, 0.1) is 28.1 Å². The Labute approximate surface area is 296 Å². The molecule has 3 aromatic heterocycles. The molecule has 4 nitrogen and oxygen atoms in total. The van der Waals surface area contributed by atoms with Crippen LogP contribution >= 0.6 is 0 Å². The van der Waals surface area contributed by atoms with Crippen molar-refractivity contribution >= 4 is 21.8 Å². The molecule has 0 unspecified atom stereocenters. The largest absolute Gasteiger partial charge is 0.251 e. The van der Waals surface area contributed by atoms with Crippen LogP contribution in [0.1, 0.15) is 5.69 Å². The summed E-state index contributed by atoms with van der Waals surface area (Å²) in [4.78, 5) is 20.4. The molecular weight excluding hydrogens is 621 g/mol. The second-order valence-corrected chi connectivity index (χ2v) is 12.8. The highest BCUT2D eigenvalue weighted by Crippen LogP contribution is 2.36. The Hall–Kier alpha value is -6.78. The van der Waals surface area contributed by atoms with E-state index in [0.717, 1.165) is 78.0 Å². The highest BCUT2D eigenvalue weighted by atomic mass is 14.9. The Morgan fingerprint density at radius 3 is 1.43 bits per heavy atom. The van der Waals surface area contributed by atoms with Gasteiger partial charge < -0.3 is 0 Å². The monoisotopic (exact) mass is 652 g/mol. The number of pyridine rings is 2. The predicted octanol–water partition coefficient (Wildman–Crippen LogP) is 11.9. The number of nitrogens with zero attached hydrogens (tertiary/aromatic N) is 4. The number of aryl methyl sites for hydroxylation is 1. The van der Waals surface area contributed by atoms with Crippen molar-refractivity contribution < 1.29 is 0 Å². The number of benzene rings is 6. The van der Waals surface area contributed by atoms with E-state index in [9.17, 15) is 0 Å². The van der Waals surface area contributed by atoms with E-state index in [1.807, 2.05) is 37.3 Å². The maximum absolute atomic E-state index is 5.25. The van der Waals surface area contributed by atoms with Crippen LogP contribution in [0, 0.1) is 6.92 Å². The van der Waals surface area contributed by atoms with Gasteiger partial charge in [-0.1, -0.05) is 158 Å². The Morgan fingerprint density at radius 2 is 0.804 bits per heavy atom. The minimum absolute atomic E-state index is 0.673. The lowest BCUT2D eigenvalue weighted by Gasteiger charge is -2.13. The summed E-state index contributed by atoms with van der Waals surface area (Å²) in [5.41, 5.74) is 14.1. The molecular formula is C47H32N4. The van der Waals surface area contributed by atoms with Gasteiger partial charge in [0.1, 0.15) is 0 Å². The van der Waals surface area contributed by atoms with E-state index in [2.05, 4.69) is 146 Å². The predicted molar refractivity (Wildman–Crippen MR) is 210 cm³/mol. The van der Waals surface area contributed by atoms with Crippen molar-refractivity contribution in [1.29, 1.82) is 0 Å². The average Bonchev–Trinajstić information content (AvgIpc) is 3.21. The van der Waals surface area contributed by atoms with Crippen molar-refractivity contribution in [1.82, 2.24) is 19.9 Å². The lowest BCUT2D eigenvalue weighted by atomic mass is 9.96. The van der Waals surface area contributed by atoms with Gasteiger partial charge in [0, 0.05) is 38.7 Å². The number of hydrogen-bond acceptors (Lipinski definition) is 4. The van der Waals surface area contributed by atoms with Crippen LogP contribution < -0.4 is 0 Å². The molecule has 3 heterocycles. The van der Waals surface area contributed by atoms with E-state index < -0.39 is 0 Å². The van der Waals surface area contributed by atoms with Crippen molar-refractivity contribution in [3.05, 3.63) is 182 Å². The summed E-state index contributed by atoms with van der Waals surface area (Å²) < 4.78 is 0. The van der Waals surface area contributed by atoms with Crippen LogP contribution in [-0.4, -0.2) is 19.9 Å². The number of aromatic nitrogens is 4. The van der Waals surface area contributed by atoms with Gasteiger partial charge in [-0.3, -0.25) is 4.98 Å². The third-order valence-corrected chi connectivity index (χ3v) is 9.39. The van der Waals surface area contributed by atoms with Crippen molar-refractivity contribution in [2.24, 2.45) is 0 Å². The molecule has 0 saturated carbocycles. The van der Waals surface area contributed by atoms with Crippen LogP contribution in [0.4, 0.5) is 0 Å². The zero-order valence-electron chi connectivity index (χ0n) is 28.0.